The maximum absolute atomic E-state index is 5.95. The van der Waals surface area contributed by atoms with Gasteiger partial charge in [-0.1, -0.05) is 17.7 Å². The summed E-state index contributed by atoms with van der Waals surface area (Å²) in [6.07, 6.45) is 2.80. The van der Waals surface area contributed by atoms with Gasteiger partial charge in [0.1, 0.15) is 18.4 Å². The zero-order valence-electron chi connectivity index (χ0n) is 10.7. The molecule has 0 amide bonds. The van der Waals surface area contributed by atoms with Gasteiger partial charge in [-0.3, -0.25) is 0 Å². The molecule has 9 heteroatoms. The van der Waals surface area contributed by atoms with Crippen LogP contribution in [-0.4, -0.2) is 29.7 Å². The molecule has 3 rings (SSSR count). The first kappa shape index (κ1) is 13.7. The van der Waals surface area contributed by atoms with Crippen molar-refractivity contribution in [1.29, 1.82) is 0 Å². The number of benzene rings is 1. The van der Waals surface area contributed by atoms with Gasteiger partial charge >= 0.3 is 6.01 Å². The van der Waals surface area contributed by atoms with E-state index < -0.39 is 0 Å². The monoisotopic (exact) mass is 322 g/mol. The third-order valence-electron chi connectivity index (χ3n) is 2.55. The van der Waals surface area contributed by atoms with E-state index in [4.69, 9.17) is 27.9 Å². The summed E-state index contributed by atoms with van der Waals surface area (Å²) < 4.78 is 6.97. The van der Waals surface area contributed by atoms with E-state index in [2.05, 4.69) is 25.0 Å². The fourth-order valence-electron chi connectivity index (χ4n) is 1.56. The number of rotatable bonds is 3. The first-order chi connectivity index (χ1) is 10.1. The maximum atomic E-state index is 5.95. The number of hydrogen-bond donors (Lipinski definition) is 0. The van der Waals surface area contributed by atoms with Crippen molar-refractivity contribution in [3.63, 3.8) is 0 Å². The molecular formula is C12H8Cl2N6O. The van der Waals surface area contributed by atoms with Crippen LogP contribution in [0, 0.1) is 6.92 Å². The van der Waals surface area contributed by atoms with Crippen molar-refractivity contribution in [2.75, 3.05) is 0 Å². The average Bonchev–Trinajstić information content (AvgIpc) is 2.96. The summed E-state index contributed by atoms with van der Waals surface area (Å²) in [6, 6.07) is 5.32. The van der Waals surface area contributed by atoms with Crippen molar-refractivity contribution in [3.8, 4) is 17.7 Å². The molecule has 0 unspecified atom stereocenters. The van der Waals surface area contributed by atoms with E-state index in [1.165, 1.54) is 17.3 Å². The summed E-state index contributed by atoms with van der Waals surface area (Å²) in [5.74, 6) is 0.747. The Bertz CT molecular complexity index is 777. The van der Waals surface area contributed by atoms with Crippen LogP contribution in [0.4, 0.5) is 0 Å². The zero-order valence-corrected chi connectivity index (χ0v) is 12.2. The fourth-order valence-corrected chi connectivity index (χ4v) is 1.87. The van der Waals surface area contributed by atoms with Crippen molar-refractivity contribution in [1.82, 2.24) is 29.7 Å². The molecule has 0 aliphatic carbocycles. The largest absolute Gasteiger partial charge is 0.424 e. The van der Waals surface area contributed by atoms with E-state index in [1.807, 2.05) is 13.0 Å². The van der Waals surface area contributed by atoms with Gasteiger partial charge < -0.3 is 4.74 Å². The molecule has 7 nitrogen and oxygen atoms in total. The highest BCUT2D eigenvalue weighted by atomic mass is 35.5. The predicted octanol–water partition coefficient (Wildman–Crippen LogP) is 2.86. The Morgan fingerprint density at radius 1 is 1.14 bits per heavy atom. The minimum absolute atomic E-state index is 0.00909. The van der Waals surface area contributed by atoms with E-state index in [9.17, 15) is 0 Å². The van der Waals surface area contributed by atoms with Gasteiger partial charge in [-0.2, -0.15) is 24.7 Å². The smallest absolute Gasteiger partial charge is 0.328 e. The van der Waals surface area contributed by atoms with Gasteiger partial charge in [0.25, 0.3) is 5.95 Å². The number of hydrogen-bond acceptors (Lipinski definition) is 6. The number of aryl methyl sites for hydroxylation is 1. The molecule has 0 aliphatic heterocycles. The summed E-state index contributed by atoms with van der Waals surface area (Å²) in [5, 5.41) is 4.46. The van der Waals surface area contributed by atoms with E-state index >= 15 is 0 Å². The summed E-state index contributed by atoms with van der Waals surface area (Å²) in [7, 11) is 0. The van der Waals surface area contributed by atoms with Crippen LogP contribution in [0.15, 0.2) is 30.9 Å². The molecule has 0 saturated carbocycles. The van der Waals surface area contributed by atoms with Gasteiger partial charge in [0.15, 0.2) is 0 Å². The van der Waals surface area contributed by atoms with Crippen molar-refractivity contribution < 1.29 is 4.74 Å². The lowest BCUT2D eigenvalue weighted by atomic mass is 10.2. The molecular weight excluding hydrogens is 315 g/mol. The van der Waals surface area contributed by atoms with E-state index in [0.29, 0.717) is 10.8 Å². The Labute approximate surface area is 129 Å². The molecule has 3 aromatic rings. The Kier molecular flexibility index (Phi) is 3.68. The highest BCUT2D eigenvalue weighted by Gasteiger charge is 2.11. The molecule has 21 heavy (non-hydrogen) atoms. The minimum Gasteiger partial charge on any atom is -0.424 e. The van der Waals surface area contributed by atoms with Gasteiger partial charge in [0.05, 0.1) is 0 Å². The molecule has 0 N–H and O–H groups in total. The lowest BCUT2D eigenvalue weighted by Gasteiger charge is -2.08. The van der Waals surface area contributed by atoms with Gasteiger partial charge in [0.2, 0.25) is 5.28 Å². The van der Waals surface area contributed by atoms with Crippen LogP contribution < -0.4 is 4.74 Å². The van der Waals surface area contributed by atoms with E-state index in [1.54, 1.807) is 12.1 Å². The number of aromatic nitrogens is 6. The van der Waals surface area contributed by atoms with Gasteiger partial charge in [0, 0.05) is 5.02 Å². The molecule has 0 radical (unpaired) electrons. The van der Waals surface area contributed by atoms with Crippen molar-refractivity contribution >= 4 is 23.2 Å². The molecule has 0 aliphatic rings. The summed E-state index contributed by atoms with van der Waals surface area (Å²) in [5.41, 5.74) is 0.887. The van der Waals surface area contributed by atoms with Crippen LogP contribution in [-0.2, 0) is 0 Å². The van der Waals surface area contributed by atoms with Crippen LogP contribution in [0.2, 0.25) is 10.3 Å². The first-order valence-electron chi connectivity index (χ1n) is 5.82. The number of nitrogens with zero attached hydrogens (tertiary/aromatic N) is 6. The zero-order chi connectivity index (χ0) is 14.8. The van der Waals surface area contributed by atoms with E-state index in [-0.39, 0.29) is 17.2 Å². The molecule has 0 fully saturated rings. The second-order valence-electron chi connectivity index (χ2n) is 4.04. The second-order valence-corrected chi connectivity index (χ2v) is 4.81. The van der Waals surface area contributed by atoms with Crippen molar-refractivity contribution in [3.05, 3.63) is 46.7 Å². The quantitative estimate of drug-likeness (QED) is 0.737. The maximum Gasteiger partial charge on any atom is 0.328 e. The molecule has 1 aromatic carbocycles. The van der Waals surface area contributed by atoms with Crippen LogP contribution in [0.5, 0.6) is 11.8 Å². The highest BCUT2D eigenvalue weighted by molar-refractivity contribution is 6.30. The van der Waals surface area contributed by atoms with Gasteiger partial charge in [-0.25, -0.2) is 4.98 Å². The molecule has 0 saturated heterocycles. The molecule has 2 aromatic heterocycles. The minimum atomic E-state index is -0.00909. The highest BCUT2D eigenvalue weighted by Crippen LogP contribution is 2.26. The Balaban J connectivity index is 1.97. The first-order valence-corrected chi connectivity index (χ1v) is 6.58. The van der Waals surface area contributed by atoms with Crippen molar-refractivity contribution in [2.45, 2.75) is 6.92 Å². The summed E-state index contributed by atoms with van der Waals surface area (Å²) in [4.78, 5) is 15.8. The summed E-state index contributed by atoms with van der Waals surface area (Å²) >= 11 is 11.8. The standard InChI is InChI=1S/C12H8Cl2N6O/c1-7-2-3-8(13)4-9(7)21-12-18-10(14)17-11(19-12)20-6-15-5-16-20/h2-6H,1H3. The second kappa shape index (κ2) is 5.63. The lowest BCUT2D eigenvalue weighted by Crippen LogP contribution is -2.05. The third-order valence-corrected chi connectivity index (χ3v) is 2.96. The van der Waals surface area contributed by atoms with Gasteiger partial charge in [-0.05, 0) is 36.2 Å². The number of ether oxygens (including phenoxy) is 1. The van der Waals surface area contributed by atoms with Crippen molar-refractivity contribution in [2.24, 2.45) is 0 Å². The molecule has 0 atom stereocenters. The normalized spacial score (nSPS) is 10.6. The fraction of sp³-hybridized carbons (Fsp3) is 0.0833. The van der Waals surface area contributed by atoms with Crippen LogP contribution in [0.3, 0.4) is 0 Å². The predicted molar refractivity (Wildman–Crippen MR) is 76.0 cm³/mol. The lowest BCUT2D eigenvalue weighted by molar-refractivity contribution is 0.434. The Morgan fingerprint density at radius 2 is 2.00 bits per heavy atom. The van der Waals surface area contributed by atoms with Crippen LogP contribution >= 0.6 is 23.2 Å². The van der Waals surface area contributed by atoms with Gasteiger partial charge in [-0.15, -0.1) is 0 Å². The molecule has 2 heterocycles. The number of halogens is 2. The summed E-state index contributed by atoms with van der Waals surface area (Å²) in [6.45, 7) is 1.88. The molecule has 106 valence electrons. The topological polar surface area (TPSA) is 78.6 Å². The average molecular weight is 323 g/mol. The van der Waals surface area contributed by atoms with Crippen LogP contribution in [0.1, 0.15) is 5.56 Å². The molecule has 0 bridgehead atoms. The Morgan fingerprint density at radius 3 is 2.76 bits per heavy atom. The third kappa shape index (κ3) is 3.09. The Hall–Kier alpha value is -2.25. The van der Waals surface area contributed by atoms with E-state index in [0.717, 1.165) is 5.56 Å². The van der Waals surface area contributed by atoms with Crippen LogP contribution in [0.25, 0.3) is 5.95 Å². The molecule has 0 spiro atoms. The SMILES string of the molecule is Cc1ccc(Cl)cc1Oc1nc(Cl)nc(-n2cncn2)n1.